The van der Waals surface area contributed by atoms with Crippen molar-refractivity contribution >= 4 is 11.9 Å². The zero-order valence-electron chi connectivity index (χ0n) is 15.0. The molecule has 0 aliphatic rings. The smallest absolute Gasteiger partial charge is 0.225 e. The summed E-state index contributed by atoms with van der Waals surface area (Å²) in [5, 5.41) is 3.50. The van der Waals surface area contributed by atoms with E-state index in [-0.39, 0.29) is 17.9 Å². The van der Waals surface area contributed by atoms with Gasteiger partial charge in [0.25, 0.3) is 0 Å². The van der Waals surface area contributed by atoms with E-state index in [1.165, 1.54) is 11.1 Å². The van der Waals surface area contributed by atoms with Crippen LogP contribution in [0.5, 0.6) is 0 Å². The number of benzene rings is 1. The van der Waals surface area contributed by atoms with Crippen molar-refractivity contribution < 1.29 is 0 Å². The molecule has 0 aliphatic carbocycles. The first kappa shape index (κ1) is 18.1. The first-order valence-corrected chi connectivity index (χ1v) is 8.49. The number of hydrogen-bond donors (Lipinski definition) is 3. The molecule has 1 aromatic carbocycles. The number of nitrogens with one attached hydrogen (secondary N) is 1. The van der Waals surface area contributed by atoms with Crippen molar-refractivity contribution in [3.05, 3.63) is 41.2 Å². The van der Waals surface area contributed by atoms with Crippen molar-refractivity contribution in [1.29, 1.82) is 0 Å². The Hall–Kier alpha value is -2.21. The van der Waals surface area contributed by atoms with Gasteiger partial charge in [-0.05, 0) is 29.4 Å². The van der Waals surface area contributed by atoms with E-state index in [2.05, 4.69) is 72.2 Å². The third-order valence-corrected chi connectivity index (χ3v) is 4.34. The maximum absolute atomic E-state index is 5.62. The molecule has 0 aliphatic heterocycles. The Kier molecular flexibility index (Phi) is 6.09. The predicted molar refractivity (Wildman–Crippen MR) is 98.2 cm³/mol. The number of nitrogens with two attached hydrogens (primary N) is 2. The maximum Gasteiger partial charge on any atom is 0.225 e. The van der Waals surface area contributed by atoms with Gasteiger partial charge in [0.2, 0.25) is 11.9 Å². The lowest BCUT2D eigenvalue weighted by molar-refractivity contribution is 0.405. The van der Waals surface area contributed by atoms with E-state index in [0.717, 1.165) is 6.42 Å². The molecule has 2 aromatic rings. The van der Waals surface area contributed by atoms with Crippen LogP contribution in [0.25, 0.3) is 0 Å². The lowest BCUT2D eigenvalue weighted by Gasteiger charge is -2.23. The van der Waals surface area contributed by atoms with Gasteiger partial charge >= 0.3 is 0 Å². The second-order valence-corrected chi connectivity index (χ2v) is 6.55. The van der Waals surface area contributed by atoms with Crippen molar-refractivity contribution in [2.45, 2.75) is 52.6 Å². The summed E-state index contributed by atoms with van der Waals surface area (Å²) >= 11 is 0. The molecule has 0 saturated carbocycles. The molecule has 0 spiro atoms. The van der Waals surface area contributed by atoms with Crippen LogP contribution in [-0.4, -0.2) is 15.0 Å². The normalized spacial score (nSPS) is 13.9. The third-order valence-electron chi connectivity index (χ3n) is 4.34. The molecule has 0 radical (unpaired) electrons. The van der Waals surface area contributed by atoms with Crippen molar-refractivity contribution in [2.75, 3.05) is 11.5 Å². The summed E-state index contributed by atoms with van der Waals surface area (Å²) in [6, 6.07) is 9.05. The Labute approximate surface area is 144 Å². The van der Waals surface area contributed by atoms with Gasteiger partial charge in [-0.3, -0.25) is 0 Å². The third kappa shape index (κ3) is 4.64. The number of nitrogen functional groups attached to an aromatic ring is 2. The molecule has 0 fully saturated rings. The predicted octanol–water partition coefficient (Wildman–Crippen LogP) is 3.04. The quantitative estimate of drug-likeness (QED) is 0.722. The van der Waals surface area contributed by atoms with Crippen LogP contribution < -0.4 is 16.8 Å². The molecule has 5 N–H and O–H groups in total. The highest BCUT2D eigenvalue weighted by Crippen LogP contribution is 2.25. The van der Waals surface area contributed by atoms with E-state index in [1.54, 1.807) is 0 Å². The molecular formula is C18H28N6. The molecular weight excluding hydrogens is 300 g/mol. The molecule has 130 valence electrons. The molecule has 2 rings (SSSR count). The Morgan fingerprint density at radius 3 is 1.96 bits per heavy atom. The van der Waals surface area contributed by atoms with E-state index in [4.69, 9.17) is 11.5 Å². The SMILES string of the molecule is CC[C@H](C)c1ccc([C@@H](NCc2nc(N)nc(N)n2)C(C)C)cc1. The first-order valence-electron chi connectivity index (χ1n) is 8.49. The average Bonchev–Trinajstić information content (AvgIpc) is 2.53. The molecule has 0 amide bonds. The van der Waals surface area contributed by atoms with Crippen LogP contribution in [0.4, 0.5) is 11.9 Å². The van der Waals surface area contributed by atoms with Gasteiger partial charge in [0.15, 0.2) is 0 Å². The summed E-state index contributed by atoms with van der Waals surface area (Å²) in [6.07, 6.45) is 1.15. The standard InChI is InChI=1S/C18H28N6/c1-5-12(4)13-6-8-14(9-7-13)16(11(2)3)21-10-15-22-17(19)24-18(20)23-15/h6-9,11-12,16,21H,5,10H2,1-4H3,(H4,19,20,22,23,24)/t12-,16-/m0/s1. The van der Waals surface area contributed by atoms with Gasteiger partial charge in [-0.25, -0.2) is 0 Å². The molecule has 24 heavy (non-hydrogen) atoms. The van der Waals surface area contributed by atoms with Gasteiger partial charge in [0.05, 0.1) is 6.54 Å². The van der Waals surface area contributed by atoms with Crippen LogP contribution in [0.2, 0.25) is 0 Å². The van der Waals surface area contributed by atoms with Crippen LogP contribution in [0.3, 0.4) is 0 Å². The van der Waals surface area contributed by atoms with Crippen molar-refractivity contribution in [3.63, 3.8) is 0 Å². The van der Waals surface area contributed by atoms with E-state index >= 15 is 0 Å². The van der Waals surface area contributed by atoms with Crippen molar-refractivity contribution in [1.82, 2.24) is 20.3 Å². The summed E-state index contributed by atoms with van der Waals surface area (Å²) in [7, 11) is 0. The molecule has 1 heterocycles. The minimum Gasteiger partial charge on any atom is -0.368 e. The molecule has 6 heteroatoms. The van der Waals surface area contributed by atoms with Crippen LogP contribution in [0.15, 0.2) is 24.3 Å². The maximum atomic E-state index is 5.62. The topological polar surface area (TPSA) is 103 Å². The minimum atomic E-state index is 0.151. The summed E-state index contributed by atoms with van der Waals surface area (Å²) in [4.78, 5) is 12.0. The van der Waals surface area contributed by atoms with E-state index < -0.39 is 0 Å². The lowest BCUT2D eigenvalue weighted by Crippen LogP contribution is -2.26. The fourth-order valence-corrected chi connectivity index (χ4v) is 2.74. The van der Waals surface area contributed by atoms with E-state index in [1.807, 2.05) is 0 Å². The summed E-state index contributed by atoms with van der Waals surface area (Å²) < 4.78 is 0. The highest BCUT2D eigenvalue weighted by Gasteiger charge is 2.16. The van der Waals surface area contributed by atoms with Gasteiger partial charge in [-0.1, -0.05) is 52.0 Å². The Bertz CT molecular complexity index is 633. The second kappa shape index (κ2) is 8.06. The second-order valence-electron chi connectivity index (χ2n) is 6.55. The molecule has 0 saturated heterocycles. The summed E-state index contributed by atoms with van der Waals surface area (Å²) in [5.74, 6) is 1.87. The highest BCUT2D eigenvalue weighted by atomic mass is 15.2. The summed E-state index contributed by atoms with van der Waals surface area (Å²) in [6.45, 7) is 9.34. The molecule has 0 bridgehead atoms. The molecule has 6 nitrogen and oxygen atoms in total. The van der Waals surface area contributed by atoms with Crippen LogP contribution in [0, 0.1) is 5.92 Å². The number of anilines is 2. The fourth-order valence-electron chi connectivity index (χ4n) is 2.74. The van der Waals surface area contributed by atoms with Crippen LogP contribution >= 0.6 is 0 Å². The van der Waals surface area contributed by atoms with Crippen molar-refractivity contribution in [2.24, 2.45) is 5.92 Å². The Morgan fingerprint density at radius 1 is 0.917 bits per heavy atom. The minimum absolute atomic E-state index is 0.151. The van der Waals surface area contributed by atoms with Gasteiger partial charge in [0.1, 0.15) is 5.82 Å². The Morgan fingerprint density at radius 2 is 1.46 bits per heavy atom. The number of rotatable bonds is 7. The number of aromatic nitrogens is 3. The largest absolute Gasteiger partial charge is 0.368 e. The first-order chi connectivity index (χ1) is 11.4. The number of nitrogens with zero attached hydrogens (tertiary/aromatic N) is 3. The van der Waals surface area contributed by atoms with Gasteiger partial charge in [0, 0.05) is 6.04 Å². The van der Waals surface area contributed by atoms with Crippen LogP contribution in [0.1, 0.15) is 63.0 Å². The number of hydrogen-bond acceptors (Lipinski definition) is 6. The van der Waals surface area contributed by atoms with Gasteiger partial charge in [-0.2, -0.15) is 15.0 Å². The van der Waals surface area contributed by atoms with Crippen LogP contribution in [-0.2, 0) is 6.54 Å². The van der Waals surface area contributed by atoms with Crippen molar-refractivity contribution in [3.8, 4) is 0 Å². The lowest BCUT2D eigenvalue weighted by atomic mass is 9.92. The molecule has 0 unspecified atom stereocenters. The van der Waals surface area contributed by atoms with Gasteiger partial charge in [-0.15, -0.1) is 0 Å². The van der Waals surface area contributed by atoms with Gasteiger partial charge < -0.3 is 16.8 Å². The molecule has 2 atom stereocenters. The Balaban J connectivity index is 2.11. The zero-order valence-corrected chi connectivity index (χ0v) is 15.0. The van der Waals surface area contributed by atoms with E-state index in [0.29, 0.717) is 24.2 Å². The zero-order chi connectivity index (χ0) is 17.7. The highest BCUT2D eigenvalue weighted by molar-refractivity contribution is 5.28. The fraction of sp³-hybridized carbons (Fsp3) is 0.500. The summed E-state index contributed by atoms with van der Waals surface area (Å²) in [5.41, 5.74) is 13.9. The molecule has 1 aromatic heterocycles. The van der Waals surface area contributed by atoms with E-state index in [9.17, 15) is 0 Å². The monoisotopic (exact) mass is 328 g/mol. The average molecular weight is 328 g/mol.